The zero-order valence-electron chi connectivity index (χ0n) is 10.5. The molecular formula is C13H14N2O3S. The van der Waals surface area contributed by atoms with Crippen LogP contribution in [-0.4, -0.2) is 16.5 Å². The first-order chi connectivity index (χ1) is 9.20. The van der Waals surface area contributed by atoms with Crippen LogP contribution >= 0.6 is 11.3 Å². The molecule has 2 aromatic rings. The van der Waals surface area contributed by atoms with Gasteiger partial charge in [-0.05, 0) is 18.6 Å². The Hall–Kier alpha value is -1.95. The molecule has 1 heterocycles. The summed E-state index contributed by atoms with van der Waals surface area (Å²) in [4.78, 5) is 14.5. The molecule has 0 amide bonds. The fourth-order valence-corrected chi connectivity index (χ4v) is 2.22. The van der Waals surface area contributed by atoms with Gasteiger partial charge in [0.25, 0.3) is 10.9 Å². The number of unbranched alkanes of at least 4 members (excludes halogenated alkanes) is 1. The van der Waals surface area contributed by atoms with E-state index in [0.29, 0.717) is 11.8 Å². The van der Waals surface area contributed by atoms with Gasteiger partial charge in [-0.3, -0.25) is 10.1 Å². The molecule has 1 aromatic carbocycles. The van der Waals surface area contributed by atoms with Crippen molar-refractivity contribution in [3.8, 4) is 16.5 Å². The monoisotopic (exact) mass is 278 g/mol. The molecule has 0 aliphatic rings. The number of hydrogen-bond acceptors (Lipinski definition) is 5. The molecule has 100 valence electrons. The number of hydrogen-bond donors (Lipinski definition) is 0. The summed E-state index contributed by atoms with van der Waals surface area (Å²) in [6, 6.07) is 6.35. The second kappa shape index (κ2) is 6.29. The van der Waals surface area contributed by atoms with Crippen LogP contribution < -0.4 is 4.74 Å². The largest absolute Gasteiger partial charge is 0.470 e. The third-order valence-electron chi connectivity index (χ3n) is 2.58. The van der Waals surface area contributed by atoms with Crippen molar-refractivity contribution in [2.24, 2.45) is 0 Å². The lowest BCUT2D eigenvalue weighted by atomic mass is 10.1. The van der Waals surface area contributed by atoms with E-state index >= 15 is 0 Å². The molecule has 19 heavy (non-hydrogen) atoms. The molecule has 0 aliphatic carbocycles. The van der Waals surface area contributed by atoms with E-state index in [4.69, 9.17) is 4.74 Å². The maximum absolute atomic E-state index is 10.6. The Morgan fingerprint density at radius 3 is 2.74 bits per heavy atom. The van der Waals surface area contributed by atoms with E-state index in [1.807, 2.05) is 5.38 Å². The van der Waals surface area contributed by atoms with Gasteiger partial charge in [-0.2, -0.15) is 0 Å². The normalized spacial score (nSPS) is 10.4. The van der Waals surface area contributed by atoms with E-state index in [1.165, 1.54) is 23.5 Å². The smallest absolute Gasteiger partial charge is 0.273 e. The van der Waals surface area contributed by atoms with E-state index < -0.39 is 4.92 Å². The summed E-state index contributed by atoms with van der Waals surface area (Å²) in [6.07, 6.45) is 2.09. The molecule has 0 atom stereocenters. The Labute approximate surface area is 115 Å². The number of rotatable bonds is 6. The van der Waals surface area contributed by atoms with Crippen molar-refractivity contribution >= 4 is 17.0 Å². The van der Waals surface area contributed by atoms with Gasteiger partial charge in [0.2, 0.25) is 0 Å². The summed E-state index contributed by atoms with van der Waals surface area (Å²) in [7, 11) is 0. The number of nitrogens with zero attached hydrogens (tertiary/aromatic N) is 2. The topological polar surface area (TPSA) is 65.3 Å². The lowest BCUT2D eigenvalue weighted by molar-refractivity contribution is -0.384. The first-order valence-corrected chi connectivity index (χ1v) is 6.92. The molecule has 0 N–H and O–H groups in total. The summed E-state index contributed by atoms with van der Waals surface area (Å²) < 4.78 is 5.51. The van der Waals surface area contributed by atoms with Gasteiger partial charge in [0.05, 0.1) is 17.2 Å². The van der Waals surface area contributed by atoms with Crippen molar-refractivity contribution in [3.05, 3.63) is 39.8 Å². The predicted molar refractivity (Wildman–Crippen MR) is 74.6 cm³/mol. The zero-order chi connectivity index (χ0) is 13.7. The van der Waals surface area contributed by atoms with Gasteiger partial charge in [0.15, 0.2) is 0 Å². The summed E-state index contributed by atoms with van der Waals surface area (Å²) in [5.41, 5.74) is 1.72. The van der Waals surface area contributed by atoms with Gasteiger partial charge in [-0.15, -0.1) is 0 Å². The van der Waals surface area contributed by atoms with Crippen LogP contribution in [0.15, 0.2) is 29.6 Å². The summed E-state index contributed by atoms with van der Waals surface area (Å²) in [6.45, 7) is 2.78. The van der Waals surface area contributed by atoms with Crippen LogP contribution in [0.4, 0.5) is 5.69 Å². The van der Waals surface area contributed by atoms with Crippen molar-refractivity contribution < 1.29 is 9.66 Å². The number of aromatic nitrogens is 1. The minimum atomic E-state index is -0.413. The highest BCUT2D eigenvalue weighted by Crippen LogP contribution is 2.27. The van der Waals surface area contributed by atoms with E-state index in [-0.39, 0.29) is 5.69 Å². The van der Waals surface area contributed by atoms with Gasteiger partial charge in [0, 0.05) is 23.1 Å². The molecule has 6 heteroatoms. The van der Waals surface area contributed by atoms with Crippen LogP contribution in [0.25, 0.3) is 11.3 Å². The molecule has 0 saturated heterocycles. The Morgan fingerprint density at radius 2 is 2.11 bits per heavy atom. The molecule has 0 spiro atoms. The fourth-order valence-electron chi connectivity index (χ4n) is 1.51. The highest BCUT2D eigenvalue weighted by molar-refractivity contribution is 7.11. The van der Waals surface area contributed by atoms with Gasteiger partial charge >= 0.3 is 0 Å². The standard InChI is InChI=1S/C13H14N2O3S/c1-2-3-8-18-13-14-12(9-19-13)10-4-6-11(7-5-10)15(16)17/h4-7,9H,2-3,8H2,1H3. The second-order valence-electron chi connectivity index (χ2n) is 4.00. The van der Waals surface area contributed by atoms with Crippen molar-refractivity contribution in [1.29, 1.82) is 0 Å². The van der Waals surface area contributed by atoms with Crippen LogP contribution in [0.5, 0.6) is 5.19 Å². The average molecular weight is 278 g/mol. The summed E-state index contributed by atoms with van der Waals surface area (Å²) >= 11 is 1.44. The van der Waals surface area contributed by atoms with Crippen LogP contribution in [-0.2, 0) is 0 Å². The van der Waals surface area contributed by atoms with E-state index in [0.717, 1.165) is 24.1 Å². The molecule has 0 bridgehead atoms. The van der Waals surface area contributed by atoms with Crippen LogP contribution in [0.1, 0.15) is 19.8 Å². The number of thiazole rings is 1. The van der Waals surface area contributed by atoms with Crippen molar-refractivity contribution in [1.82, 2.24) is 4.98 Å². The van der Waals surface area contributed by atoms with E-state index in [2.05, 4.69) is 11.9 Å². The zero-order valence-corrected chi connectivity index (χ0v) is 11.4. The number of nitro groups is 1. The van der Waals surface area contributed by atoms with Crippen LogP contribution in [0, 0.1) is 10.1 Å². The first-order valence-electron chi connectivity index (χ1n) is 6.04. The van der Waals surface area contributed by atoms with Gasteiger partial charge in [0.1, 0.15) is 0 Å². The highest BCUT2D eigenvalue weighted by Gasteiger charge is 2.08. The van der Waals surface area contributed by atoms with Crippen molar-refractivity contribution in [3.63, 3.8) is 0 Å². The minimum absolute atomic E-state index is 0.0819. The van der Waals surface area contributed by atoms with Crippen LogP contribution in [0.3, 0.4) is 0 Å². The maximum atomic E-state index is 10.6. The molecule has 0 radical (unpaired) electrons. The molecule has 0 fully saturated rings. The molecule has 1 aromatic heterocycles. The molecule has 0 unspecified atom stereocenters. The van der Waals surface area contributed by atoms with E-state index in [1.54, 1.807) is 12.1 Å². The molecule has 0 saturated carbocycles. The van der Waals surface area contributed by atoms with E-state index in [9.17, 15) is 10.1 Å². The maximum Gasteiger partial charge on any atom is 0.273 e. The molecule has 5 nitrogen and oxygen atoms in total. The van der Waals surface area contributed by atoms with Crippen molar-refractivity contribution in [2.45, 2.75) is 19.8 Å². The predicted octanol–water partition coefficient (Wildman–Crippen LogP) is 3.90. The Bertz CT molecular complexity index is 551. The van der Waals surface area contributed by atoms with Gasteiger partial charge in [-0.1, -0.05) is 24.7 Å². The lowest BCUT2D eigenvalue weighted by Gasteiger charge is -1.99. The minimum Gasteiger partial charge on any atom is -0.470 e. The SMILES string of the molecule is CCCCOc1nc(-c2ccc([N+](=O)[O-])cc2)cs1. The summed E-state index contributed by atoms with van der Waals surface area (Å²) in [5.74, 6) is 0. The fraction of sp³-hybridized carbons (Fsp3) is 0.308. The quantitative estimate of drug-likeness (QED) is 0.456. The first kappa shape index (κ1) is 13.5. The van der Waals surface area contributed by atoms with Gasteiger partial charge in [-0.25, -0.2) is 4.98 Å². The molecule has 2 rings (SSSR count). The summed E-state index contributed by atoms with van der Waals surface area (Å²) in [5, 5.41) is 13.1. The number of nitro benzene ring substituents is 1. The molecule has 0 aliphatic heterocycles. The Balaban J connectivity index is 2.07. The molecular weight excluding hydrogens is 264 g/mol. The number of benzene rings is 1. The van der Waals surface area contributed by atoms with Gasteiger partial charge < -0.3 is 4.74 Å². The third kappa shape index (κ3) is 3.51. The highest BCUT2D eigenvalue weighted by atomic mass is 32.1. The lowest BCUT2D eigenvalue weighted by Crippen LogP contribution is -1.95. The van der Waals surface area contributed by atoms with Crippen molar-refractivity contribution in [2.75, 3.05) is 6.61 Å². The Morgan fingerprint density at radius 1 is 1.37 bits per heavy atom. The Kier molecular flexibility index (Phi) is 4.46. The third-order valence-corrected chi connectivity index (χ3v) is 3.33. The number of ether oxygens (including phenoxy) is 1. The second-order valence-corrected chi connectivity index (χ2v) is 4.83. The number of non-ortho nitro benzene ring substituents is 1. The van der Waals surface area contributed by atoms with Crippen LogP contribution in [0.2, 0.25) is 0 Å². The average Bonchev–Trinajstić information content (AvgIpc) is 2.88.